The summed E-state index contributed by atoms with van der Waals surface area (Å²) in [6.45, 7) is 0. The van der Waals surface area contributed by atoms with Crippen molar-refractivity contribution in [2.24, 2.45) is 0 Å². The van der Waals surface area contributed by atoms with Crippen molar-refractivity contribution in [2.75, 3.05) is 33.2 Å². The van der Waals surface area contributed by atoms with E-state index in [1.165, 1.54) is 20.3 Å². The van der Waals surface area contributed by atoms with Crippen LogP contribution in [0.2, 0.25) is 0 Å². The van der Waals surface area contributed by atoms with Crippen LogP contribution in [0, 0.1) is 0 Å². The molecule has 0 amide bonds. The van der Waals surface area contributed by atoms with Gasteiger partial charge in [0.1, 0.15) is 11.1 Å². The van der Waals surface area contributed by atoms with E-state index in [4.69, 9.17) is 13.9 Å². The molecule has 8 nitrogen and oxygen atoms in total. The van der Waals surface area contributed by atoms with Gasteiger partial charge in [0.25, 0.3) is 0 Å². The maximum absolute atomic E-state index is 13.4. The Labute approximate surface area is 211 Å². The molecule has 0 radical (unpaired) electrons. The zero-order chi connectivity index (χ0) is 26.0. The van der Waals surface area contributed by atoms with Crippen molar-refractivity contribution >= 4 is 43.8 Å². The van der Waals surface area contributed by atoms with Gasteiger partial charge >= 0.3 is 5.63 Å². The lowest BCUT2D eigenvalue weighted by atomic mass is 9.98. The quantitative estimate of drug-likeness (QED) is 0.311. The molecule has 0 atom stereocenters. The zero-order valence-corrected chi connectivity index (χ0v) is 20.7. The minimum atomic E-state index is -0.539. The smallest absolute Gasteiger partial charge is 0.361 e. The van der Waals surface area contributed by atoms with E-state index in [2.05, 4.69) is 0 Å². The van der Waals surface area contributed by atoms with Crippen LogP contribution < -0.4 is 20.0 Å². The van der Waals surface area contributed by atoms with Gasteiger partial charge in [0.15, 0.2) is 23.0 Å². The van der Waals surface area contributed by atoms with Crippen LogP contribution in [-0.4, -0.2) is 42.9 Å². The monoisotopic (exact) mass is 496 g/mol. The maximum Gasteiger partial charge on any atom is 0.361 e. The number of rotatable bonds is 4. The van der Waals surface area contributed by atoms with Crippen molar-refractivity contribution in [3.8, 4) is 34.1 Å². The van der Waals surface area contributed by atoms with Gasteiger partial charge in [-0.15, -0.1) is 0 Å². The van der Waals surface area contributed by atoms with Crippen LogP contribution in [-0.2, 0) is 0 Å². The Morgan fingerprint density at radius 2 is 1.49 bits per heavy atom. The van der Waals surface area contributed by atoms with E-state index in [1.807, 2.05) is 53.7 Å². The molecule has 6 rings (SSSR count). The highest BCUT2D eigenvalue weighted by Crippen LogP contribution is 2.44. The number of methoxy groups -OCH3 is 2. The van der Waals surface area contributed by atoms with Crippen molar-refractivity contribution in [3.05, 3.63) is 71.2 Å². The van der Waals surface area contributed by atoms with E-state index in [-0.39, 0.29) is 22.8 Å². The standard InChI is InChI=1S/C29H24N2O6/c1-30(2)17-7-5-15(6-8-17)25-26-19-13-24(36-4)21(33)14-22(19)37-29(34)28(26)31-10-9-16-11-20(32)23(35-3)12-18(16)27(25)31/h5-14,32-33H,1-4H3. The van der Waals surface area contributed by atoms with Crippen molar-refractivity contribution in [1.82, 2.24) is 4.40 Å². The highest BCUT2D eigenvalue weighted by Gasteiger charge is 2.24. The fourth-order valence-corrected chi connectivity index (χ4v) is 5.06. The second-order valence-electron chi connectivity index (χ2n) is 9.10. The minimum Gasteiger partial charge on any atom is -0.504 e. The fourth-order valence-electron chi connectivity index (χ4n) is 5.06. The number of hydrogen-bond acceptors (Lipinski definition) is 7. The van der Waals surface area contributed by atoms with Gasteiger partial charge in [-0.1, -0.05) is 12.1 Å². The third-order valence-corrected chi connectivity index (χ3v) is 6.83. The number of phenolic OH excluding ortho intramolecular Hbond substituents is 2. The second kappa shape index (κ2) is 8.09. The Balaban J connectivity index is 1.89. The van der Waals surface area contributed by atoms with Crippen LogP contribution >= 0.6 is 0 Å². The van der Waals surface area contributed by atoms with Crippen LogP contribution in [0.25, 0.3) is 49.3 Å². The lowest BCUT2D eigenvalue weighted by Crippen LogP contribution is -2.07. The van der Waals surface area contributed by atoms with Crippen molar-refractivity contribution in [3.63, 3.8) is 0 Å². The van der Waals surface area contributed by atoms with E-state index < -0.39 is 5.63 Å². The van der Waals surface area contributed by atoms with E-state index in [9.17, 15) is 15.0 Å². The molecule has 3 aromatic carbocycles. The van der Waals surface area contributed by atoms with Crippen LogP contribution in [0.5, 0.6) is 23.0 Å². The normalized spacial score (nSPS) is 11.6. The number of nitrogens with zero attached hydrogens (tertiary/aromatic N) is 2. The molecule has 0 saturated carbocycles. The highest BCUT2D eigenvalue weighted by molar-refractivity contribution is 6.21. The molecule has 3 aromatic heterocycles. The average Bonchev–Trinajstić information content (AvgIpc) is 3.24. The van der Waals surface area contributed by atoms with Crippen LogP contribution in [0.3, 0.4) is 0 Å². The molecule has 37 heavy (non-hydrogen) atoms. The van der Waals surface area contributed by atoms with Gasteiger partial charge in [-0.3, -0.25) is 0 Å². The Morgan fingerprint density at radius 1 is 0.838 bits per heavy atom. The lowest BCUT2D eigenvalue weighted by Gasteiger charge is -2.13. The maximum atomic E-state index is 13.4. The van der Waals surface area contributed by atoms with Crippen molar-refractivity contribution in [1.29, 1.82) is 0 Å². The first-order chi connectivity index (χ1) is 17.8. The fraction of sp³-hybridized carbons (Fsp3) is 0.138. The molecule has 0 unspecified atom stereocenters. The number of pyridine rings is 1. The minimum absolute atomic E-state index is 0.0255. The SMILES string of the molecule is COc1cc2c(cc1O)oc(=O)c1c2c(-c2ccc(N(C)C)cc2)c2c3cc(OC)c(O)cc3ccn21. The Bertz CT molecular complexity index is 1920. The average molecular weight is 497 g/mol. The van der Waals surface area contributed by atoms with E-state index in [0.717, 1.165) is 33.1 Å². The molecule has 0 aliphatic rings. The van der Waals surface area contributed by atoms with Crippen molar-refractivity contribution in [2.45, 2.75) is 0 Å². The van der Waals surface area contributed by atoms with Gasteiger partial charge < -0.3 is 33.4 Å². The summed E-state index contributed by atoms with van der Waals surface area (Å²) in [5, 5.41) is 23.7. The third-order valence-electron chi connectivity index (χ3n) is 6.83. The molecule has 6 aromatic rings. The number of ether oxygens (including phenoxy) is 2. The van der Waals surface area contributed by atoms with E-state index in [1.54, 1.807) is 24.4 Å². The summed E-state index contributed by atoms with van der Waals surface area (Å²) in [6.07, 6.45) is 1.80. The predicted octanol–water partition coefficient (Wildman–Crippen LogP) is 5.51. The summed E-state index contributed by atoms with van der Waals surface area (Å²) >= 11 is 0. The van der Waals surface area contributed by atoms with Gasteiger partial charge in [0, 0.05) is 53.8 Å². The first-order valence-corrected chi connectivity index (χ1v) is 11.6. The zero-order valence-electron chi connectivity index (χ0n) is 20.7. The van der Waals surface area contributed by atoms with Crippen LogP contribution in [0.1, 0.15) is 0 Å². The molecule has 0 spiro atoms. The number of anilines is 1. The highest BCUT2D eigenvalue weighted by atomic mass is 16.5. The first-order valence-electron chi connectivity index (χ1n) is 11.6. The number of aromatic hydroxyl groups is 2. The molecule has 0 saturated heterocycles. The molecular weight excluding hydrogens is 472 g/mol. The summed E-state index contributed by atoms with van der Waals surface area (Å²) in [5.41, 5.74) is 3.55. The molecule has 8 heteroatoms. The predicted molar refractivity (Wildman–Crippen MR) is 145 cm³/mol. The van der Waals surface area contributed by atoms with Crippen molar-refractivity contribution < 1.29 is 24.1 Å². The van der Waals surface area contributed by atoms with Gasteiger partial charge in [-0.2, -0.15) is 0 Å². The molecule has 0 fully saturated rings. The lowest BCUT2D eigenvalue weighted by molar-refractivity contribution is 0.373. The summed E-state index contributed by atoms with van der Waals surface area (Å²) in [6, 6.07) is 16.4. The summed E-state index contributed by atoms with van der Waals surface area (Å²) in [4.78, 5) is 15.4. The van der Waals surface area contributed by atoms with Gasteiger partial charge in [0.05, 0.1) is 19.7 Å². The molecule has 0 aliphatic heterocycles. The molecule has 2 N–H and O–H groups in total. The number of hydrogen-bond donors (Lipinski definition) is 2. The van der Waals surface area contributed by atoms with Crippen LogP contribution in [0.4, 0.5) is 5.69 Å². The number of benzene rings is 3. The Kier molecular flexibility index (Phi) is 4.94. The molecule has 0 aliphatic carbocycles. The molecular formula is C29H24N2O6. The second-order valence-corrected chi connectivity index (χ2v) is 9.10. The van der Waals surface area contributed by atoms with E-state index >= 15 is 0 Å². The Hall–Kier alpha value is -4.85. The van der Waals surface area contributed by atoms with Gasteiger partial charge in [-0.25, -0.2) is 4.79 Å². The van der Waals surface area contributed by atoms with Crippen LogP contribution in [0.15, 0.2) is 70.0 Å². The third kappa shape index (κ3) is 3.26. The number of fused-ring (bicyclic) bond motifs is 7. The molecule has 186 valence electrons. The van der Waals surface area contributed by atoms with E-state index in [0.29, 0.717) is 22.0 Å². The summed E-state index contributed by atoms with van der Waals surface area (Å²) < 4.78 is 18.3. The summed E-state index contributed by atoms with van der Waals surface area (Å²) in [7, 11) is 6.92. The summed E-state index contributed by atoms with van der Waals surface area (Å²) in [5.74, 6) is 0.493. The first kappa shape index (κ1) is 22.6. The molecule has 0 bridgehead atoms. The topological polar surface area (TPSA) is 96.8 Å². The number of aromatic nitrogens is 1. The largest absolute Gasteiger partial charge is 0.504 e. The molecule has 3 heterocycles. The number of phenols is 2. The Morgan fingerprint density at radius 3 is 2.14 bits per heavy atom. The van der Waals surface area contributed by atoms with Gasteiger partial charge in [-0.05, 0) is 47.3 Å². The van der Waals surface area contributed by atoms with Gasteiger partial charge in [0.2, 0.25) is 0 Å².